The topological polar surface area (TPSA) is 44.1 Å². The number of carbonyl (C=O) groups excluding carboxylic acids is 1. The molecule has 1 aromatic carbocycles. The number of benzene rings is 1. The van der Waals surface area contributed by atoms with E-state index in [9.17, 15) is 4.79 Å². The van der Waals surface area contributed by atoms with Crippen LogP contribution in [-0.2, 0) is 4.74 Å². The Morgan fingerprint density at radius 3 is 2.61 bits per heavy atom. The largest absolute Gasteiger partial charge is 0.465 e. The number of methoxy groups -OCH3 is 1. The maximum atomic E-state index is 11.6. The molecule has 0 aliphatic carbocycles. The predicted molar refractivity (Wildman–Crippen MR) is 69.4 cm³/mol. The molecule has 0 unspecified atom stereocenters. The van der Waals surface area contributed by atoms with E-state index in [-0.39, 0.29) is 0 Å². The van der Waals surface area contributed by atoms with Crippen molar-refractivity contribution >= 4 is 17.6 Å². The minimum Gasteiger partial charge on any atom is -0.465 e. The maximum Gasteiger partial charge on any atom is 0.339 e. The lowest BCUT2D eigenvalue weighted by atomic mass is 10.2. The van der Waals surface area contributed by atoms with Crippen molar-refractivity contribution < 1.29 is 9.53 Å². The Hall–Kier alpha value is -1.81. The smallest absolute Gasteiger partial charge is 0.339 e. The van der Waals surface area contributed by atoms with E-state index in [0.29, 0.717) is 10.6 Å². The van der Waals surface area contributed by atoms with Crippen LogP contribution in [0.25, 0.3) is 5.69 Å². The van der Waals surface area contributed by atoms with Crippen LogP contribution in [0.1, 0.15) is 21.7 Å². The summed E-state index contributed by atoms with van der Waals surface area (Å²) in [5.41, 5.74) is 3.03. The van der Waals surface area contributed by atoms with Gasteiger partial charge in [0.15, 0.2) is 0 Å². The number of rotatable bonds is 2. The zero-order valence-corrected chi connectivity index (χ0v) is 11.2. The minimum absolute atomic E-state index is 0.337. The van der Waals surface area contributed by atoms with Crippen LogP contribution in [-0.4, -0.2) is 22.9 Å². The van der Waals surface area contributed by atoms with E-state index < -0.39 is 5.97 Å². The van der Waals surface area contributed by atoms with E-state index in [1.54, 1.807) is 16.8 Å². The SMILES string of the molecule is COC(=O)c1cc(-n2nc(C)cc2C)ccc1Cl. The van der Waals surface area contributed by atoms with Gasteiger partial charge in [-0.15, -0.1) is 0 Å². The molecule has 0 fully saturated rings. The van der Waals surface area contributed by atoms with Gasteiger partial charge in [0.25, 0.3) is 0 Å². The Kier molecular flexibility index (Phi) is 3.39. The van der Waals surface area contributed by atoms with Crippen LogP contribution >= 0.6 is 11.6 Å². The lowest BCUT2D eigenvalue weighted by molar-refractivity contribution is 0.0601. The Balaban J connectivity index is 2.53. The summed E-state index contributed by atoms with van der Waals surface area (Å²) in [4.78, 5) is 11.6. The lowest BCUT2D eigenvalue weighted by Gasteiger charge is -2.07. The molecule has 0 saturated carbocycles. The summed E-state index contributed by atoms with van der Waals surface area (Å²) in [5.74, 6) is -0.455. The molecule has 0 radical (unpaired) electrons. The minimum atomic E-state index is -0.455. The van der Waals surface area contributed by atoms with E-state index in [0.717, 1.165) is 17.1 Å². The molecule has 0 N–H and O–H groups in total. The zero-order chi connectivity index (χ0) is 13.3. The van der Waals surface area contributed by atoms with Crippen molar-refractivity contribution in [2.75, 3.05) is 7.11 Å². The van der Waals surface area contributed by atoms with E-state index in [2.05, 4.69) is 5.10 Å². The van der Waals surface area contributed by atoms with Crippen LogP contribution in [0.3, 0.4) is 0 Å². The van der Waals surface area contributed by atoms with Gasteiger partial charge in [-0.1, -0.05) is 11.6 Å². The zero-order valence-electron chi connectivity index (χ0n) is 10.4. The number of halogens is 1. The van der Waals surface area contributed by atoms with Gasteiger partial charge in [0.05, 0.1) is 29.1 Å². The van der Waals surface area contributed by atoms with E-state index in [4.69, 9.17) is 16.3 Å². The second kappa shape index (κ2) is 4.82. The molecule has 0 atom stereocenters. The molecule has 0 aliphatic heterocycles. The molecule has 4 nitrogen and oxygen atoms in total. The van der Waals surface area contributed by atoms with Crippen molar-refractivity contribution in [3.05, 3.63) is 46.2 Å². The molecule has 5 heteroatoms. The summed E-state index contributed by atoms with van der Waals surface area (Å²) in [6, 6.07) is 7.12. The Morgan fingerprint density at radius 2 is 2.06 bits per heavy atom. The molecule has 94 valence electrons. The molecule has 2 rings (SSSR count). The fourth-order valence-electron chi connectivity index (χ4n) is 1.80. The second-order valence-electron chi connectivity index (χ2n) is 3.99. The summed E-state index contributed by atoms with van der Waals surface area (Å²) in [7, 11) is 1.33. The van der Waals surface area contributed by atoms with Gasteiger partial charge in [-0.3, -0.25) is 0 Å². The van der Waals surface area contributed by atoms with Crippen molar-refractivity contribution in [2.24, 2.45) is 0 Å². The highest BCUT2D eigenvalue weighted by molar-refractivity contribution is 6.33. The van der Waals surface area contributed by atoms with Gasteiger partial charge >= 0.3 is 5.97 Å². The normalized spacial score (nSPS) is 10.4. The Morgan fingerprint density at radius 1 is 1.33 bits per heavy atom. The van der Waals surface area contributed by atoms with E-state index in [1.165, 1.54) is 7.11 Å². The van der Waals surface area contributed by atoms with Gasteiger partial charge in [0, 0.05) is 5.69 Å². The van der Waals surface area contributed by atoms with Gasteiger partial charge in [-0.2, -0.15) is 5.10 Å². The quantitative estimate of drug-likeness (QED) is 0.784. The first-order chi connectivity index (χ1) is 8.52. The summed E-state index contributed by atoms with van der Waals surface area (Å²) in [6.07, 6.45) is 0. The van der Waals surface area contributed by atoms with Crippen LogP contribution in [0.15, 0.2) is 24.3 Å². The number of nitrogens with zero attached hydrogens (tertiary/aromatic N) is 2. The van der Waals surface area contributed by atoms with Crippen LogP contribution in [0, 0.1) is 13.8 Å². The van der Waals surface area contributed by atoms with Crippen molar-refractivity contribution in [2.45, 2.75) is 13.8 Å². The average molecular weight is 265 g/mol. The standard InChI is InChI=1S/C13H13ClN2O2/c1-8-6-9(2)16(15-8)10-4-5-12(14)11(7-10)13(17)18-3/h4-7H,1-3H3. The first-order valence-corrected chi connectivity index (χ1v) is 5.82. The first kappa shape index (κ1) is 12.6. The van der Waals surface area contributed by atoms with E-state index >= 15 is 0 Å². The Labute approximate surface area is 110 Å². The molecule has 1 aromatic heterocycles. The molecule has 0 aliphatic rings. The number of aryl methyl sites for hydroxylation is 2. The molecule has 0 saturated heterocycles. The highest BCUT2D eigenvalue weighted by atomic mass is 35.5. The fraction of sp³-hybridized carbons (Fsp3) is 0.231. The predicted octanol–water partition coefficient (Wildman–Crippen LogP) is 2.93. The fourth-order valence-corrected chi connectivity index (χ4v) is 2.00. The number of hydrogen-bond donors (Lipinski definition) is 0. The van der Waals surface area contributed by atoms with Gasteiger partial charge in [0.1, 0.15) is 0 Å². The Bertz CT molecular complexity index is 605. The number of hydrogen-bond acceptors (Lipinski definition) is 3. The average Bonchev–Trinajstić information content (AvgIpc) is 2.68. The third-order valence-corrected chi connectivity index (χ3v) is 2.94. The number of aromatic nitrogens is 2. The van der Waals surface area contributed by atoms with E-state index in [1.807, 2.05) is 26.0 Å². The maximum absolute atomic E-state index is 11.6. The molecule has 0 bridgehead atoms. The summed E-state index contributed by atoms with van der Waals surface area (Å²) < 4.78 is 6.45. The van der Waals surface area contributed by atoms with Gasteiger partial charge in [0.2, 0.25) is 0 Å². The van der Waals surface area contributed by atoms with Gasteiger partial charge in [-0.05, 0) is 38.1 Å². The summed E-state index contributed by atoms with van der Waals surface area (Å²) >= 11 is 5.97. The van der Waals surface area contributed by atoms with Crippen LogP contribution in [0.4, 0.5) is 0 Å². The third-order valence-electron chi connectivity index (χ3n) is 2.61. The second-order valence-corrected chi connectivity index (χ2v) is 4.40. The molecular formula is C13H13ClN2O2. The summed E-state index contributed by atoms with van der Waals surface area (Å²) in [5, 5.41) is 4.73. The first-order valence-electron chi connectivity index (χ1n) is 5.44. The summed E-state index contributed by atoms with van der Waals surface area (Å²) in [6.45, 7) is 3.87. The molecular weight excluding hydrogens is 252 g/mol. The van der Waals surface area contributed by atoms with Crippen molar-refractivity contribution in [1.82, 2.24) is 9.78 Å². The number of ether oxygens (including phenoxy) is 1. The van der Waals surface area contributed by atoms with Crippen LogP contribution < -0.4 is 0 Å². The number of carbonyl (C=O) groups is 1. The highest BCUT2D eigenvalue weighted by Crippen LogP contribution is 2.21. The molecule has 2 aromatic rings. The monoisotopic (exact) mass is 264 g/mol. The van der Waals surface area contributed by atoms with Crippen molar-refractivity contribution in [3.63, 3.8) is 0 Å². The third kappa shape index (κ3) is 2.24. The molecule has 1 heterocycles. The number of esters is 1. The van der Waals surface area contributed by atoms with Crippen LogP contribution in [0.2, 0.25) is 5.02 Å². The highest BCUT2D eigenvalue weighted by Gasteiger charge is 2.13. The van der Waals surface area contributed by atoms with Gasteiger partial charge in [-0.25, -0.2) is 9.48 Å². The lowest BCUT2D eigenvalue weighted by Crippen LogP contribution is -2.05. The van der Waals surface area contributed by atoms with Crippen molar-refractivity contribution in [3.8, 4) is 5.69 Å². The molecule has 0 spiro atoms. The van der Waals surface area contributed by atoms with Crippen molar-refractivity contribution in [1.29, 1.82) is 0 Å². The molecule has 0 amide bonds. The van der Waals surface area contributed by atoms with Crippen LogP contribution in [0.5, 0.6) is 0 Å². The molecule has 18 heavy (non-hydrogen) atoms. The van der Waals surface area contributed by atoms with Gasteiger partial charge < -0.3 is 4.74 Å².